The van der Waals surface area contributed by atoms with Gasteiger partial charge in [0.05, 0.1) is 26.5 Å². The number of carbonyl (C=O) groups is 2. The molecular formula is C22H31N5O5. The third kappa shape index (κ3) is 5.43. The summed E-state index contributed by atoms with van der Waals surface area (Å²) in [4.78, 5) is 26.7. The van der Waals surface area contributed by atoms with E-state index in [4.69, 9.17) is 14.2 Å². The number of benzene rings is 1. The standard InChI is InChI=1S/C22H31N5O5/c1-22(2,3)32-21(29)27-10-9-16-15(13-27)19(26(4)25-16)24-20(28)23-12-14-7-8-17(30-5)18(11-14)31-6/h7-8,11H,9-10,12-13H2,1-6H3,(H2,23,24,28). The van der Waals surface area contributed by atoms with E-state index in [0.29, 0.717) is 43.4 Å². The third-order valence-corrected chi connectivity index (χ3v) is 4.98. The van der Waals surface area contributed by atoms with Crippen LogP contribution in [0.4, 0.5) is 15.4 Å². The number of methoxy groups -OCH3 is 2. The molecule has 1 aliphatic heterocycles. The van der Waals surface area contributed by atoms with Crippen LogP contribution in [0.1, 0.15) is 37.6 Å². The maximum Gasteiger partial charge on any atom is 0.410 e. The second kappa shape index (κ2) is 9.37. The number of nitrogens with one attached hydrogen (secondary N) is 2. The van der Waals surface area contributed by atoms with Gasteiger partial charge in [0.1, 0.15) is 11.4 Å². The van der Waals surface area contributed by atoms with Crippen LogP contribution in [0.5, 0.6) is 11.5 Å². The van der Waals surface area contributed by atoms with Crippen LogP contribution in [0.15, 0.2) is 18.2 Å². The number of ether oxygens (including phenoxy) is 3. The SMILES string of the molecule is COc1ccc(CNC(=O)Nc2c3c(nn2C)CCN(C(=O)OC(C)(C)C)C3)cc1OC. The molecule has 174 valence electrons. The molecule has 0 atom stereocenters. The molecule has 0 fully saturated rings. The van der Waals surface area contributed by atoms with Crippen molar-refractivity contribution in [2.24, 2.45) is 7.05 Å². The van der Waals surface area contributed by atoms with Crippen molar-refractivity contribution >= 4 is 17.9 Å². The summed E-state index contributed by atoms with van der Waals surface area (Å²) in [5, 5.41) is 10.2. The summed E-state index contributed by atoms with van der Waals surface area (Å²) in [6.07, 6.45) is 0.216. The first-order chi connectivity index (χ1) is 15.1. The number of rotatable bonds is 5. The number of amides is 3. The quantitative estimate of drug-likeness (QED) is 0.733. The monoisotopic (exact) mass is 445 g/mol. The molecule has 1 aromatic carbocycles. The molecule has 0 spiro atoms. The molecule has 32 heavy (non-hydrogen) atoms. The minimum atomic E-state index is -0.572. The number of anilines is 1. The second-order valence-corrected chi connectivity index (χ2v) is 8.55. The molecule has 2 N–H and O–H groups in total. The Balaban J connectivity index is 1.65. The molecule has 10 heteroatoms. The molecule has 0 aliphatic carbocycles. The molecule has 2 aromatic rings. The Morgan fingerprint density at radius 3 is 2.53 bits per heavy atom. The van der Waals surface area contributed by atoms with Crippen molar-refractivity contribution < 1.29 is 23.8 Å². The van der Waals surface area contributed by atoms with Gasteiger partial charge in [0.2, 0.25) is 0 Å². The fourth-order valence-corrected chi connectivity index (χ4v) is 3.46. The largest absolute Gasteiger partial charge is 0.493 e. The van der Waals surface area contributed by atoms with Crippen LogP contribution in [0.25, 0.3) is 0 Å². The minimum absolute atomic E-state index is 0.302. The smallest absolute Gasteiger partial charge is 0.410 e. The highest BCUT2D eigenvalue weighted by Crippen LogP contribution is 2.28. The average Bonchev–Trinajstić information content (AvgIpc) is 3.05. The molecule has 3 amide bonds. The molecule has 1 aliphatic rings. The summed E-state index contributed by atoms with van der Waals surface area (Å²) in [5.74, 6) is 1.77. The van der Waals surface area contributed by atoms with Gasteiger partial charge in [0.25, 0.3) is 0 Å². The lowest BCUT2D eigenvalue weighted by molar-refractivity contribution is 0.0224. The fraction of sp³-hybridized carbons (Fsp3) is 0.500. The summed E-state index contributed by atoms with van der Waals surface area (Å²) in [5.41, 5.74) is 1.96. The minimum Gasteiger partial charge on any atom is -0.493 e. The number of aryl methyl sites for hydroxylation is 1. The molecular weight excluding hydrogens is 414 g/mol. The van der Waals surface area contributed by atoms with Crippen LogP contribution in [0.3, 0.4) is 0 Å². The molecule has 3 rings (SSSR count). The number of carbonyl (C=O) groups excluding carboxylic acids is 2. The van der Waals surface area contributed by atoms with Crippen LogP contribution in [0, 0.1) is 0 Å². The van der Waals surface area contributed by atoms with E-state index in [9.17, 15) is 9.59 Å². The first-order valence-electron chi connectivity index (χ1n) is 10.4. The van der Waals surface area contributed by atoms with Crippen molar-refractivity contribution in [1.82, 2.24) is 20.0 Å². The van der Waals surface area contributed by atoms with E-state index in [1.54, 1.807) is 36.9 Å². The Labute approximate surface area is 187 Å². The van der Waals surface area contributed by atoms with Crippen LogP contribution in [0.2, 0.25) is 0 Å². The maximum atomic E-state index is 12.6. The second-order valence-electron chi connectivity index (χ2n) is 8.55. The summed E-state index contributed by atoms with van der Waals surface area (Å²) in [6, 6.07) is 5.08. The average molecular weight is 446 g/mol. The number of fused-ring (bicyclic) bond motifs is 1. The summed E-state index contributed by atoms with van der Waals surface area (Å²) < 4.78 is 17.6. The van der Waals surface area contributed by atoms with Gasteiger partial charge < -0.3 is 24.4 Å². The fourth-order valence-electron chi connectivity index (χ4n) is 3.46. The maximum absolute atomic E-state index is 12.6. The summed E-state index contributed by atoms with van der Waals surface area (Å²) >= 11 is 0. The van der Waals surface area contributed by atoms with Gasteiger partial charge in [0, 0.05) is 32.1 Å². The molecule has 2 heterocycles. The highest BCUT2D eigenvalue weighted by Gasteiger charge is 2.30. The molecule has 0 bridgehead atoms. The summed E-state index contributed by atoms with van der Waals surface area (Å²) in [7, 11) is 4.90. The van der Waals surface area contributed by atoms with Gasteiger partial charge in [-0.1, -0.05) is 6.07 Å². The number of aromatic nitrogens is 2. The lowest BCUT2D eigenvalue weighted by atomic mass is 10.1. The van der Waals surface area contributed by atoms with E-state index in [1.165, 1.54) is 0 Å². The molecule has 0 radical (unpaired) electrons. The zero-order chi connectivity index (χ0) is 23.5. The van der Waals surface area contributed by atoms with Crippen LogP contribution < -0.4 is 20.1 Å². The lowest BCUT2D eigenvalue weighted by Crippen LogP contribution is -2.40. The van der Waals surface area contributed by atoms with Crippen molar-refractivity contribution in [3.8, 4) is 11.5 Å². The predicted molar refractivity (Wildman–Crippen MR) is 119 cm³/mol. The Hall–Kier alpha value is -3.43. The van der Waals surface area contributed by atoms with E-state index in [2.05, 4.69) is 15.7 Å². The van der Waals surface area contributed by atoms with Crippen molar-refractivity contribution in [2.75, 3.05) is 26.1 Å². The predicted octanol–water partition coefficient (Wildman–Crippen LogP) is 3.05. The van der Waals surface area contributed by atoms with E-state index in [-0.39, 0.29) is 12.1 Å². The zero-order valence-corrected chi connectivity index (χ0v) is 19.4. The topological polar surface area (TPSA) is 107 Å². The normalized spacial score (nSPS) is 13.2. The van der Waals surface area contributed by atoms with Crippen molar-refractivity contribution in [2.45, 2.75) is 45.9 Å². The van der Waals surface area contributed by atoms with Gasteiger partial charge in [-0.05, 0) is 38.5 Å². The molecule has 10 nitrogen and oxygen atoms in total. The lowest BCUT2D eigenvalue weighted by Gasteiger charge is -2.29. The third-order valence-electron chi connectivity index (χ3n) is 4.98. The number of nitrogens with zero attached hydrogens (tertiary/aromatic N) is 3. The van der Waals surface area contributed by atoms with E-state index >= 15 is 0 Å². The molecule has 1 aromatic heterocycles. The van der Waals surface area contributed by atoms with E-state index < -0.39 is 5.60 Å². The van der Waals surface area contributed by atoms with Gasteiger partial charge >= 0.3 is 12.1 Å². The highest BCUT2D eigenvalue weighted by atomic mass is 16.6. The number of urea groups is 1. The number of hydrogen-bond acceptors (Lipinski definition) is 6. The Morgan fingerprint density at radius 1 is 1.16 bits per heavy atom. The van der Waals surface area contributed by atoms with Crippen molar-refractivity contribution in [1.29, 1.82) is 0 Å². The van der Waals surface area contributed by atoms with Gasteiger partial charge in [-0.25, -0.2) is 9.59 Å². The van der Waals surface area contributed by atoms with Crippen LogP contribution in [-0.4, -0.2) is 53.2 Å². The Morgan fingerprint density at radius 2 is 1.88 bits per heavy atom. The van der Waals surface area contributed by atoms with Gasteiger partial charge in [0.15, 0.2) is 11.5 Å². The number of hydrogen-bond donors (Lipinski definition) is 2. The molecule has 0 saturated heterocycles. The summed E-state index contributed by atoms with van der Waals surface area (Å²) in [6.45, 7) is 6.64. The Kier molecular flexibility index (Phi) is 6.81. The van der Waals surface area contributed by atoms with Gasteiger partial charge in [-0.2, -0.15) is 5.10 Å². The van der Waals surface area contributed by atoms with Crippen LogP contribution in [-0.2, 0) is 31.3 Å². The van der Waals surface area contributed by atoms with Crippen molar-refractivity contribution in [3.63, 3.8) is 0 Å². The van der Waals surface area contributed by atoms with Crippen LogP contribution >= 0.6 is 0 Å². The van der Waals surface area contributed by atoms with Gasteiger partial charge in [-0.15, -0.1) is 0 Å². The Bertz CT molecular complexity index is 995. The zero-order valence-electron chi connectivity index (χ0n) is 19.4. The first-order valence-corrected chi connectivity index (χ1v) is 10.4. The van der Waals surface area contributed by atoms with E-state index in [0.717, 1.165) is 16.8 Å². The molecule has 0 unspecified atom stereocenters. The first kappa shape index (κ1) is 23.2. The van der Waals surface area contributed by atoms with Gasteiger partial charge in [-0.3, -0.25) is 10.00 Å². The molecule has 0 saturated carbocycles. The highest BCUT2D eigenvalue weighted by molar-refractivity contribution is 5.89. The van der Waals surface area contributed by atoms with Crippen molar-refractivity contribution in [3.05, 3.63) is 35.0 Å². The van der Waals surface area contributed by atoms with E-state index in [1.807, 2.05) is 32.9 Å².